The Balaban J connectivity index is 1.78. The highest BCUT2D eigenvalue weighted by molar-refractivity contribution is 5.97. The van der Waals surface area contributed by atoms with Crippen LogP contribution in [0.3, 0.4) is 0 Å². The maximum Gasteiger partial charge on any atom is 0.328 e. The molecule has 0 radical (unpaired) electrons. The quantitative estimate of drug-likeness (QED) is 0.683. The van der Waals surface area contributed by atoms with E-state index >= 15 is 0 Å². The van der Waals surface area contributed by atoms with Gasteiger partial charge in [-0.2, -0.15) is 0 Å². The number of carbonyl (C=O) groups excluding carboxylic acids is 3. The van der Waals surface area contributed by atoms with Crippen LogP contribution in [0.5, 0.6) is 5.75 Å². The zero-order valence-electron chi connectivity index (χ0n) is 16.2. The number of hydrogen-bond donors (Lipinski definition) is 2. The van der Waals surface area contributed by atoms with Crippen molar-refractivity contribution < 1.29 is 23.9 Å². The molecule has 0 aromatic heterocycles. The zero-order chi connectivity index (χ0) is 20.5. The van der Waals surface area contributed by atoms with Gasteiger partial charge in [-0.05, 0) is 57.2 Å². The predicted octanol–water partition coefficient (Wildman–Crippen LogP) is 2.69. The lowest BCUT2D eigenvalue weighted by Gasteiger charge is -2.14. The minimum atomic E-state index is -0.883. The van der Waals surface area contributed by atoms with Gasteiger partial charge in [-0.3, -0.25) is 9.59 Å². The van der Waals surface area contributed by atoms with Crippen molar-refractivity contribution in [1.82, 2.24) is 5.32 Å². The van der Waals surface area contributed by atoms with Crippen molar-refractivity contribution in [2.75, 3.05) is 18.5 Å². The molecule has 0 saturated heterocycles. The number of carbonyl (C=O) groups is 3. The molecule has 1 atom stereocenters. The van der Waals surface area contributed by atoms with Gasteiger partial charge in [0.05, 0.1) is 6.61 Å². The lowest BCUT2D eigenvalue weighted by atomic mass is 10.1. The molecular formula is C21H24N2O5. The van der Waals surface area contributed by atoms with Crippen LogP contribution >= 0.6 is 0 Å². The number of anilines is 1. The molecule has 2 rings (SSSR count). The molecule has 2 amide bonds. The number of ether oxygens (including phenoxy) is 2. The van der Waals surface area contributed by atoms with E-state index in [9.17, 15) is 14.4 Å². The summed E-state index contributed by atoms with van der Waals surface area (Å²) in [6.45, 7) is 5.36. The lowest BCUT2D eigenvalue weighted by Crippen LogP contribution is -2.40. The minimum Gasteiger partial charge on any atom is -0.494 e. The number of aryl methyl sites for hydroxylation is 1. The Bertz CT molecular complexity index is 833. The second-order valence-corrected chi connectivity index (χ2v) is 6.18. The molecule has 28 heavy (non-hydrogen) atoms. The molecule has 2 aromatic carbocycles. The molecule has 0 aliphatic carbocycles. The smallest absolute Gasteiger partial charge is 0.328 e. The maximum atomic E-state index is 12.2. The minimum absolute atomic E-state index is 0.382. The molecule has 0 spiro atoms. The summed E-state index contributed by atoms with van der Waals surface area (Å²) in [6, 6.07) is 13.0. The van der Waals surface area contributed by atoms with Crippen LogP contribution in [0, 0.1) is 6.92 Å². The van der Waals surface area contributed by atoms with E-state index in [0.717, 1.165) is 5.56 Å². The summed E-state index contributed by atoms with van der Waals surface area (Å²) >= 11 is 0. The summed E-state index contributed by atoms with van der Waals surface area (Å²) in [7, 11) is 0. The van der Waals surface area contributed by atoms with Crippen molar-refractivity contribution in [3.63, 3.8) is 0 Å². The van der Waals surface area contributed by atoms with E-state index in [4.69, 9.17) is 9.47 Å². The molecule has 2 aromatic rings. The van der Waals surface area contributed by atoms with Crippen molar-refractivity contribution in [2.24, 2.45) is 0 Å². The van der Waals surface area contributed by atoms with Crippen LogP contribution in [-0.2, 0) is 14.3 Å². The molecule has 7 nitrogen and oxygen atoms in total. The number of nitrogens with one attached hydrogen (secondary N) is 2. The normalized spacial score (nSPS) is 11.2. The molecule has 7 heteroatoms. The standard InChI is InChI=1S/C21H24N2O5/c1-4-27-18-10-8-17(9-11-18)23-19(24)13-28-21(26)15(3)22-20(25)16-7-5-6-14(2)12-16/h5-12,15H,4,13H2,1-3H3,(H,22,25)(H,23,24)/t15-/m0/s1. The Morgan fingerprint density at radius 1 is 1.07 bits per heavy atom. The van der Waals surface area contributed by atoms with E-state index < -0.39 is 24.5 Å². The lowest BCUT2D eigenvalue weighted by molar-refractivity contribution is -0.148. The largest absolute Gasteiger partial charge is 0.494 e. The van der Waals surface area contributed by atoms with Crippen LogP contribution in [0.4, 0.5) is 5.69 Å². The molecule has 2 N–H and O–H groups in total. The molecular weight excluding hydrogens is 360 g/mol. The van der Waals surface area contributed by atoms with Gasteiger partial charge in [-0.25, -0.2) is 4.79 Å². The first kappa shape index (κ1) is 21.0. The van der Waals surface area contributed by atoms with E-state index in [-0.39, 0.29) is 5.91 Å². The highest BCUT2D eigenvalue weighted by Crippen LogP contribution is 2.15. The topological polar surface area (TPSA) is 93.7 Å². The van der Waals surface area contributed by atoms with Crippen molar-refractivity contribution in [3.8, 4) is 5.75 Å². The zero-order valence-corrected chi connectivity index (χ0v) is 16.2. The Morgan fingerprint density at radius 3 is 2.43 bits per heavy atom. The van der Waals surface area contributed by atoms with E-state index in [1.807, 2.05) is 19.9 Å². The van der Waals surface area contributed by atoms with Gasteiger partial charge in [0.15, 0.2) is 6.61 Å². The van der Waals surface area contributed by atoms with E-state index in [1.54, 1.807) is 42.5 Å². The predicted molar refractivity (Wildman–Crippen MR) is 105 cm³/mol. The molecule has 0 unspecified atom stereocenters. The monoisotopic (exact) mass is 384 g/mol. The first-order chi connectivity index (χ1) is 13.4. The molecule has 0 aliphatic heterocycles. The fourth-order valence-electron chi connectivity index (χ4n) is 2.39. The first-order valence-corrected chi connectivity index (χ1v) is 8.96. The summed E-state index contributed by atoms with van der Waals surface area (Å²) < 4.78 is 10.3. The third-order valence-electron chi connectivity index (χ3n) is 3.78. The highest BCUT2D eigenvalue weighted by atomic mass is 16.5. The van der Waals surface area contributed by atoms with Gasteiger partial charge in [0.1, 0.15) is 11.8 Å². The third kappa shape index (κ3) is 6.42. The fraction of sp³-hybridized carbons (Fsp3) is 0.286. The van der Waals surface area contributed by atoms with Gasteiger partial charge in [0.25, 0.3) is 11.8 Å². The Morgan fingerprint density at radius 2 is 1.79 bits per heavy atom. The number of esters is 1. The van der Waals surface area contributed by atoms with Gasteiger partial charge in [0.2, 0.25) is 0 Å². The van der Waals surface area contributed by atoms with Crippen molar-refractivity contribution in [3.05, 3.63) is 59.7 Å². The summed E-state index contributed by atoms with van der Waals surface area (Å²) in [5.74, 6) is -0.852. The molecule has 0 heterocycles. The number of hydrogen-bond acceptors (Lipinski definition) is 5. The van der Waals surface area contributed by atoms with Gasteiger partial charge in [-0.1, -0.05) is 17.7 Å². The van der Waals surface area contributed by atoms with Crippen LogP contribution in [0.15, 0.2) is 48.5 Å². The maximum absolute atomic E-state index is 12.2. The second kappa shape index (κ2) is 10.1. The van der Waals surface area contributed by atoms with Crippen LogP contribution in [0.1, 0.15) is 29.8 Å². The SMILES string of the molecule is CCOc1ccc(NC(=O)COC(=O)[C@H](C)NC(=O)c2cccc(C)c2)cc1. The number of benzene rings is 2. The molecule has 0 saturated carbocycles. The number of amides is 2. The van der Waals surface area contributed by atoms with E-state index in [0.29, 0.717) is 23.6 Å². The summed E-state index contributed by atoms with van der Waals surface area (Å²) in [5.41, 5.74) is 1.95. The Kier molecular flexibility index (Phi) is 7.56. The van der Waals surface area contributed by atoms with Crippen LogP contribution in [-0.4, -0.2) is 37.0 Å². The van der Waals surface area contributed by atoms with Gasteiger partial charge in [-0.15, -0.1) is 0 Å². The van der Waals surface area contributed by atoms with E-state index in [1.165, 1.54) is 6.92 Å². The second-order valence-electron chi connectivity index (χ2n) is 6.18. The van der Waals surface area contributed by atoms with Gasteiger partial charge >= 0.3 is 5.97 Å². The molecule has 0 bridgehead atoms. The third-order valence-corrected chi connectivity index (χ3v) is 3.78. The average molecular weight is 384 g/mol. The Labute approximate surface area is 164 Å². The summed E-state index contributed by atoms with van der Waals surface area (Å²) in [5, 5.41) is 5.18. The van der Waals surface area contributed by atoms with Crippen molar-refractivity contribution in [1.29, 1.82) is 0 Å². The first-order valence-electron chi connectivity index (χ1n) is 8.96. The van der Waals surface area contributed by atoms with E-state index in [2.05, 4.69) is 10.6 Å². The van der Waals surface area contributed by atoms with Gasteiger partial charge < -0.3 is 20.1 Å². The average Bonchev–Trinajstić information content (AvgIpc) is 2.67. The van der Waals surface area contributed by atoms with Crippen LogP contribution in [0.25, 0.3) is 0 Å². The van der Waals surface area contributed by atoms with Crippen LogP contribution < -0.4 is 15.4 Å². The Hall–Kier alpha value is -3.35. The molecule has 148 valence electrons. The summed E-state index contributed by atoms with van der Waals surface area (Å²) in [4.78, 5) is 36.1. The van der Waals surface area contributed by atoms with Crippen LogP contribution in [0.2, 0.25) is 0 Å². The summed E-state index contributed by atoms with van der Waals surface area (Å²) in [6.07, 6.45) is 0. The highest BCUT2D eigenvalue weighted by Gasteiger charge is 2.19. The fourth-order valence-corrected chi connectivity index (χ4v) is 2.39. The molecule has 0 fully saturated rings. The van der Waals surface area contributed by atoms with Crippen molar-refractivity contribution in [2.45, 2.75) is 26.8 Å². The van der Waals surface area contributed by atoms with Gasteiger partial charge in [0, 0.05) is 11.3 Å². The van der Waals surface area contributed by atoms with Crippen molar-refractivity contribution >= 4 is 23.5 Å². The molecule has 0 aliphatic rings. The number of rotatable bonds is 8.